The lowest BCUT2D eigenvalue weighted by Crippen LogP contribution is -2.21. The molecular formula is C16H16BrN3. The van der Waals surface area contributed by atoms with Gasteiger partial charge in [-0.05, 0) is 30.7 Å². The van der Waals surface area contributed by atoms with Crippen molar-refractivity contribution >= 4 is 27.0 Å². The first kappa shape index (κ1) is 13.3. The number of hydrogen-bond donors (Lipinski definition) is 1. The summed E-state index contributed by atoms with van der Waals surface area (Å²) < 4.78 is 3.29. The summed E-state index contributed by atoms with van der Waals surface area (Å²) in [5.41, 5.74) is 9.37. The Morgan fingerprint density at radius 3 is 2.60 bits per heavy atom. The van der Waals surface area contributed by atoms with E-state index in [9.17, 15) is 0 Å². The van der Waals surface area contributed by atoms with E-state index in [1.54, 1.807) is 0 Å². The fourth-order valence-corrected chi connectivity index (χ4v) is 3.22. The Labute approximate surface area is 126 Å². The van der Waals surface area contributed by atoms with Crippen LogP contribution in [-0.2, 0) is 0 Å². The molecule has 2 N–H and O–H groups in total. The molecule has 0 saturated carbocycles. The van der Waals surface area contributed by atoms with Gasteiger partial charge >= 0.3 is 0 Å². The number of nitrogens with zero attached hydrogens (tertiary/aromatic N) is 2. The minimum absolute atomic E-state index is 0.0815. The van der Waals surface area contributed by atoms with Gasteiger partial charge in [0, 0.05) is 11.0 Å². The van der Waals surface area contributed by atoms with Crippen molar-refractivity contribution in [1.82, 2.24) is 9.55 Å². The van der Waals surface area contributed by atoms with Gasteiger partial charge in [-0.1, -0.05) is 46.3 Å². The van der Waals surface area contributed by atoms with Crippen molar-refractivity contribution < 1.29 is 0 Å². The van der Waals surface area contributed by atoms with Crippen molar-refractivity contribution in [1.29, 1.82) is 0 Å². The normalized spacial score (nSPS) is 12.8. The zero-order valence-electron chi connectivity index (χ0n) is 11.3. The highest BCUT2D eigenvalue weighted by atomic mass is 79.9. The molecule has 0 radical (unpaired) electrons. The molecule has 3 nitrogen and oxygen atoms in total. The predicted molar refractivity (Wildman–Crippen MR) is 85.8 cm³/mol. The van der Waals surface area contributed by atoms with Gasteiger partial charge in [-0.15, -0.1) is 0 Å². The summed E-state index contributed by atoms with van der Waals surface area (Å²) in [6.07, 6.45) is 0. The van der Waals surface area contributed by atoms with Crippen LogP contribution in [0.4, 0.5) is 0 Å². The van der Waals surface area contributed by atoms with Crippen LogP contribution >= 0.6 is 15.9 Å². The maximum absolute atomic E-state index is 6.06. The molecule has 0 spiro atoms. The van der Waals surface area contributed by atoms with E-state index in [0.29, 0.717) is 6.54 Å². The first-order valence-corrected chi connectivity index (χ1v) is 7.39. The highest BCUT2D eigenvalue weighted by molar-refractivity contribution is 9.10. The van der Waals surface area contributed by atoms with Crippen LogP contribution in [0.5, 0.6) is 0 Å². The summed E-state index contributed by atoms with van der Waals surface area (Å²) in [5, 5.41) is 0. The van der Waals surface area contributed by atoms with Crippen LogP contribution in [-0.4, -0.2) is 16.1 Å². The fourth-order valence-electron chi connectivity index (χ4n) is 2.68. The zero-order chi connectivity index (χ0) is 14.1. The first-order valence-electron chi connectivity index (χ1n) is 6.60. The SMILES string of the molecule is Cc1nc2ccccc2n1C(CN)c1ccccc1Br. The van der Waals surface area contributed by atoms with E-state index in [0.717, 1.165) is 21.3 Å². The van der Waals surface area contributed by atoms with Crippen LogP contribution in [0, 0.1) is 6.92 Å². The third-order valence-electron chi connectivity index (χ3n) is 3.57. The maximum atomic E-state index is 6.06. The summed E-state index contributed by atoms with van der Waals surface area (Å²) >= 11 is 3.62. The molecule has 0 amide bonds. The van der Waals surface area contributed by atoms with Gasteiger partial charge in [0.15, 0.2) is 0 Å². The number of para-hydroxylation sites is 2. The lowest BCUT2D eigenvalue weighted by Gasteiger charge is -2.21. The molecule has 2 aromatic carbocycles. The highest BCUT2D eigenvalue weighted by Gasteiger charge is 2.19. The molecule has 0 saturated heterocycles. The van der Waals surface area contributed by atoms with Gasteiger partial charge in [0.2, 0.25) is 0 Å². The van der Waals surface area contributed by atoms with Gasteiger partial charge in [-0.3, -0.25) is 0 Å². The Balaban J connectivity index is 2.22. The van der Waals surface area contributed by atoms with Gasteiger partial charge < -0.3 is 10.3 Å². The molecular weight excluding hydrogens is 314 g/mol. The van der Waals surface area contributed by atoms with E-state index in [2.05, 4.69) is 37.6 Å². The van der Waals surface area contributed by atoms with E-state index < -0.39 is 0 Å². The lowest BCUT2D eigenvalue weighted by atomic mass is 10.1. The van der Waals surface area contributed by atoms with E-state index in [1.165, 1.54) is 5.56 Å². The molecule has 3 aromatic rings. The summed E-state index contributed by atoms with van der Waals surface area (Å²) in [6.45, 7) is 2.56. The Morgan fingerprint density at radius 1 is 1.15 bits per heavy atom. The third kappa shape index (κ3) is 2.15. The number of rotatable bonds is 3. The topological polar surface area (TPSA) is 43.8 Å². The van der Waals surface area contributed by atoms with E-state index >= 15 is 0 Å². The molecule has 1 aromatic heterocycles. The maximum Gasteiger partial charge on any atom is 0.107 e. The molecule has 0 fully saturated rings. The first-order chi connectivity index (χ1) is 9.72. The average Bonchev–Trinajstić information content (AvgIpc) is 2.78. The summed E-state index contributed by atoms with van der Waals surface area (Å²) in [6, 6.07) is 16.5. The lowest BCUT2D eigenvalue weighted by molar-refractivity contribution is 0.592. The van der Waals surface area contributed by atoms with Crippen LogP contribution in [0.25, 0.3) is 11.0 Å². The number of aromatic nitrogens is 2. The molecule has 1 atom stereocenters. The number of imidazole rings is 1. The summed E-state index contributed by atoms with van der Waals surface area (Å²) in [4.78, 5) is 4.63. The van der Waals surface area contributed by atoms with Crippen LogP contribution in [0.2, 0.25) is 0 Å². The Kier molecular flexibility index (Phi) is 3.59. The number of hydrogen-bond acceptors (Lipinski definition) is 2. The largest absolute Gasteiger partial charge is 0.328 e. The molecule has 0 aliphatic rings. The van der Waals surface area contributed by atoms with Gasteiger partial charge in [-0.25, -0.2) is 4.98 Å². The summed E-state index contributed by atoms with van der Waals surface area (Å²) in [7, 11) is 0. The monoisotopic (exact) mass is 329 g/mol. The van der Waals surface area contributed by atoms with Crippen LogP contribution in [0.3, 0.4) is 0 Å². The second-order valence-electron chi connectivity index (χ2n) is 4.79. The summed E-state index contributed by atoms with van der Waals surface area (Å²) in [5.74, 6) is 0.984. The smallest absolute Gasteiger partial charge is 0.107 e. The molecule has 0 aliphatic heterocycles. The molecule has 0 bridgehead atoms. The molecule has 0 aliphatic carbocycles. The van der Waals surface area contributed by atoms with Crippen LogP contribution < -0.4 is 5.73 Å². The highest BCUT2D eigenvalue weighted by Crippen LogP contribution is 2.29. The Hall–Kier alpha value is -1.65. The standard InChI is InChI=1S/C16H16BrN3/c1-11-19-14-8-4-5-9-15(14)20(11)16(10-18)12-6-2-3-7-13(12)17/h2-9,16H,10,18H2,1H3. The second kappa shape index (κ2) is 5.38. The van der Waals surface area contributed by atoms with Crippen molar-refractivity contribution in [2.75, 3.05) is 6.54 Å². The second-order valence-corrected chi connectivity index (χ2v) is 5.65. The molecule has 20 heavy (non-hydrogen) atoms. The van der Waals surface area contributed by atoms with E-state index in [-0.39, 0.29) is 6.04 Å². The molecule has 1 unspecified atom stereocenters. The van der Waals surface area contributed by atoms with Crippen LogP contribution in [0.1, 0.15) is 17.4 Å². The Bertz CT molecular complexity index is 748. The van der Waals surface area contributed by atoms with Crippen molar-refractivity contribution in [3.63, 3.8) is 0 Å². The molecule has 1 heterocycles. The predicted octanol–water partition coefficient (Wildman–Crippen LogP) is 3.66. The Morgan fingerprint density at radius 2 is 1.85 bits per heavy atom. The van der Waals surface area contributed by atoms with Gasteiger partial charge in [-0.2, -0.15) is 0 Å². The van der Waals surface area contributed by atoms with Gasteiger partial charge in [0.05, 0.1) is 17.1 Å². The number of fused-ring (bicyclic) bond motifs is 1. The average molecular weight is 330 g/mol. The van der Waals surface area contributed by atoms with Crippen molar-refractivity contribution in [3.05, 3.63) is 64.4 Å². The fraction of sp³-hybridized carbons (Fsp3) is 0.188. The number of benzene rings is 2. The van der Waals surface area contributed by atoms with E-state index in [4.69, 9.17) is 5.73 Å². The zero-order valence-corrected chi connectivity index (χ0v) is 12.8. The number of nitrogens with two attached hydrogens (primary N) is 1. The van der Waals surface area contributed by atoms with Gasteiger partial charge in [0.25, 0.3) is 0 Å². The quantitative estimate of drug-likeness (QED) is 0.796. The number of aryl methyl sites for hydroxylation is 1. The third-order valence-corrected chi connectivity index (χ3v) is 4.29. The van der Waals surface area contributed by atoms with E-state index in [1.807, 2.05) is 43.3 Å². The van der Waals surface area contributed by atoms with Crippen molar-refractivity contribution in [3.8, 4) is 0 Å². The van der Waals surface area contributed by atoms with Crippen molar-refractivity contribution in [2.45, 2.75) is 13.0 Å². The molecule has 4 heteroatoms. The van der Waals surface area contributed by atoms with Crippen molar-refractivity contribution in [2.24, 2.45) is 5.73 Å². The number of halogens is 1. The molecule has 102 valence electrons. The minimum atomic E-state index is 0.0815. The van der Waals surface area contributed by atoms with Crippen LogP contribution in [0.15, 0.2) is 53.0 Å². The molecule has 3 rings (SSSR count). The van der Waals surface area contributed by atoms with Gasteiger partial charge in [0.1, 0.15) is 5.82 Å². The minimum Gasteiger partial charge on any atom is -0.328 e.